The zero-order valence-electron chi connectivity index (χ0n) is 15.4. The van der Waals surface area contributed by atoms with E-state index >= 15 is 0 Å². The minimum Gasteiger partial charge on any atom is -0.497 e. The Bertz CT molecular complexity index is 891. The van der Waals surface area contributed by atoms with Gasteiger partial charge in [0.1, 0.15) is 11.8 Å². The van der Waals surface area contributed by atoms with Crippen LogP contribution in [0.15, 0.2) is 66.7 Å². The van der Waals surface area contributed by atoms with Crippen LogP contribution in [-0.4, -0.2) is 32.0 Å². The maximum atomic E-state index is 12.6. The number of hydrogen-bond donors (Lipinski definition) is 1. The van der Waals surface area contributed by atoms with E-state index in [1.54, 1.807) is 26.1 Å². The standard InChI is InChI=1S/C22H24N2O2/c1-24(2)22(25)21(17-7-5-4-6-8-17)23-15-16-9-10-19-14-20(26-3)12-11-18(19)13-16/h4-14,21,23H,15H2,1-3H3/t21-/m0/s1. The predicted molar refractivity (Wildman–Crippen MR) is 105 cm³/mol. The molecular formula is C22H24N2O2. The fourth-order valence-corrected chi connectivity index (χ4v) is 2.98. The molecule has 4 nitrogen and oxygen atoms in total. The monoisotopic (exact) mass is 348 g/mol. The molecule has 4 heteroatoms. The van der Waals surface area contributed by atoms with Gasteiger partial charge in [-0.05, 0) is 40.1 Å². The number of amides is 1. The molecule has 0 bridgehead atoms. The summed E-state index contributed by atoms with van der Waals surface area (Å²) < 4.78 is 5.27. The highest BCUT2D eigenvalue weighted by atomic mass is 16.5. The Morgan fingerprint density at radius 2 is 1.69 bits per heavy atom. The van der Waals surface area contributed by atoms with Gasteiger partial charge in [0.2, 0.25) is 5.91 Å². The lowest BCUT2D eigenvalue weighted by molar-refractivity contribution is -0.131. The molecule has 0 spiro atoms. The average Bonchev–Trinajstić information content (AvgIpc) is 2.68. The summed E-state index contributed by atoms with van der Waals surface area (Å²) in [4.78, 5) is 14.2. The van der Waals surface area contributed by atoms with E-state index in [0.29, 0.717) is 6.54 Å². The molecule has 26 heavy (non-hydrogen) atoms. The fraction of sp³-hybridized carbons (Fsp3) is 0.227. The molecular weight excluding hydrogens is 324 g/mol. The van der Waals surface area contributed by atoms with Crippen molar-refractivity contribution in [3.05, 3.63) is 77.9 Å². The molecule has 0 saturated carbocycles. The maximum absolute atomic E-state index is 12.6. The van der Waals surface area contributed by atoms with Crippen LogP contribution in [0, 0.1) is 0 Å². The van der Waals surface area contributed by atoms with Gasteiger partial charge < -0.3 is 9.64 Å². The Morgan fingerprint density at radius 3 is 2.38 bits per heavy atom. The van der Waals surface area contributed by atoms with E-state index in [2.05, 4.69) is 29.6 Å². The highest BCUT2D eigenvalue weighted by molar-refractivity contribution is 5.85. The summed E-state index contributed by atoms with van der Waals surface area (Å²) in [7, 11) is 5.23. The lowest BCUT2D eigenvalue weighted by atomic mass is 10.0. The van der Waals surface area contributed by atoms with Gasteiger partial charge in [-0.1, -0.05) is 48.5 Å². The molecule has 3 aromatic carbocycles. The van der Waals surface area contributed by atoms with E-state index in [4.69, 9.17) is 4.74 Å². The quantitative estimate of drug-likeness (QED) is 0.737. The first-order valence-electron chi connectivity index (χ1n) is 8.64. The molecule has 0 saturated heterocycles. The van der Waals surface area contributed by atoms with E-state index in [1.165, 1.54) is 0 Å². The second kappa shape index (κ2) is 8.02. The van der Waals surface area contributed by atoms with Crippen molar-refractivity contribution in [2.75, 3.05) is 21.2 Å². The fourth-order valence-electron chi connectivity index (χ4n) is 2.98. The summed E-state index contributed by atoms with van der Waals surface area (Å²) >= 11 is 0. The maximum Gasteiger partial charge on any atom is 0.243 e. The number of benzene rings is 3. The number of nitrogens with zero attached hydrogens (tertiary/aromatic N) is 1. The summed E-state index contributed by atoms with van der Waals surface area (Å²) in [6.45, 7) is 0.612. The highest BCUT2D eigenvalue weighted by Gasteiger charge is 2.21. The number of nitrogens with one attached hydrogen (secondary N) is 1. The number of methoxy groups -OCH3 is 1. The summed E-state index contributed by atoms with van der Waals surface area (Å²) in [5, 5.41) is 5.69. The molecule has 0 unspecified atom stereocenters. The van der Waals surface area contributed by atoms with E-state index in [1.807, 2.05) is 42.5 Å². The third-order valence-corrected chi connectivity index (χ3v) is 4.44. The Labute approximate surface area is 154 Å². The summed E-state index contributed by atoms with van der Waals surface area (Å²) in [5.74, 6) is 0.894. The van der Waals surface area contributed by atoms with Gasteiger partial charge in [-0.15, -0.1) is 0 Å². The molecule has 0 radical (unpaired) electrons. The van der Waals surface area contributed by atoms with Crippen LogP contribution in [0.4, 0.5) is 0 Å². The SMILES string of the molecule is COc1ccc2cc(CN[C@H](C(=O)N(C)C)c3ccccc3)ccc2c1. The second-order valence-electron chi connectivity index (χ2n) is 6.50. The van der Waals surface area contributed by atoms with E-state index in [9.17, 15) is 4.79 Å². The molecule has 1 N–H and O–H groups in total. The summed E-state index contributed by atoms with van der Waals surface area (Å²) in [6.07, 6.45) is 0. The first kappa shape index (κ1) is 18.0. The number of rotatable bonds is 6. The third-order valence-electron chi connectivity index (χ3n) is 4.44. The average molecular weight is 348 g/mol. The van der Waals surface area contributed by atoms with E-state index in [-0.39, 0.29) is 11.9 Å². The Hall–Kier alpha value is -2.85. The smallest absolute Gasteiger partial charge is 0.243 e. The summed E-state index contributed by atoms with van der Waals surface area (Å²) in [6, 6.07) is 21.8. The van der Waals surface area contributed by atoms with Crippen molar-refractivity contribution >= 4 is 16.7 Å². The van der Waals surface area contributed by atoms with Crippen molar-refractivity contribution in [3.63, 3.8) is 0 Å². The molecule has 0 aliphatic heterocycles. The highest BCUT2D eigenvalue weighted by Crippen LogP contribution is 2.22. The number of ether oxygens (including phenoxy) is 1. The van der Waals surface area contributed by atoms with E-state index < -0.39 is 0 Å². The zero-order chi connectivity index (χ0) is 18.5. The van der Waals surface area contributed by atoms with Gasteiger partial charge in [0.25, 0.3) is 0 Å². The van der Waals surface area contributed by atoms with Crippen LogP contribution in [0.25, 0.3) is 10.8 Å². The van der Waals surface area contributed by atoms with Crippen molar-refractivity contribution in [1.29, 1.82) is 0 Å². The number of likely N-dealkylation sites (N-methyl/N-ethyl adjacent to an activating group) is 1. The largest absolute Gasteiger partial charge is 0.497 e. The second-order valence-corrected chi connectivity index (χ2v) is 6.50. The lowest BCUT2D eigenvalue weighted by Crippen LogP contribution is -2.36. The molecule has 0 fully saturated rings. The van der Waals surface area contributed by atoms with Gasteiger partial charge in [-0.3, -0.25) is 10.1 Å². The van der Waals surface area contributed by atoms with Crippen LogP contribution in [0.5, 0.6) is 5.75 Å². The Kier molecular flexibility index (Phi) is 5.54. The molecule has 0 aliphatic carbocycles. The Morgan fingerprint density at radius 1 is 1.00 bits per heavy atom. The normalized spacial score (nSPS) is 12.0. The van der Waals surface area contributed by atoms with Gasteiger partial charge in [0.05, 0.1) is 7.11 Å². The lowest BCUT2D eigenvalue weighted by Gasteiger charge is -2.22. The number of hydrogen-bond acceptors (Lipinski definition) is 3. The van der Waals surface area contributed by atoms with Gasteiger partial charge in [0, 0.05) is 20.6 Å². The molecule has 1 amide bonds. The first-order valence-corrected chi connectivity index (χ1v) is 8.64. The van der Waals surface area contributed by atoms with Gasteiger partial charge >= 0.3 is 0 Å². The number of fused-ring (bicyclic) bond motifs is 1. The van der Waals surface area contributed by atoms with Crippen LogP contribution >= 0.6 is 0 Å². The van der Waals surface area contributed by atoms with Gasteiger partial charge in [-0.2, -0.15) is 0 Å². The van der Waals surface area contributed by atoms with Gasteiger partial charge in [0.15, 0.2) is 0 Å². The van der Waals surface area contributed by atoms with Crippen molar-refractivity contribution < 1.29 is 9.53 Å². The first-order chi connectivity index (χ1) is 12.6. The molecule has 0 aromatic heterocycles. The Balaban J connectivity index is 1.80. The number of carbonyl (C=O) groups excluding carboxylic acids is 1. The molecule has 3 rings (SSSR count). The molecule has 1 atom stereocenters. The topological polar surface area (TPSA) is 41.6 Å². The predicted octanol–water partition coefficient (Wildman–Crippen LogP) is 3.77. The van der Waals surface area contributed by atoms with Crippen LogP contribution in [0.1, 0.15) is 17.2 Å². The zero-order valence-corrected chi connectivity index (χ0v) is 15.4. The summed E-state index contributed by atoms with van der Waals surface area (Å²) in [5.41, 5.74) is 2.10. The van der Waals surface area contributed by atoms with Gasteiger partial charge in [-0.25, -0.2) is 0 Å². The minimum absolute atomic E-state index is 0.0433. The minimum atomic E-state index is -0.363. The van der Waals surface area contributed by atoms with Crippen molar-refractivity contribution in [1.82, 2.24) is 10.2 Å². The number of carbonyl (C=O) groups is 1. The van der Waals surface area contributed by atoms with Crippen LogP contribution in [0.2, 0.25) is 0 Å². The van der Waals surface area contributed by atoms with Crippen LogP contribution in [-0.2, 0) is 11.3 Å². The molecule has 3 aromatic rings. The van der Waals surface area contributed by atoms with Crippen molar-refractivity contribution in [2.24, 2.45) is 0 Å². The van der Waals surface area contributed by atoms with Crippen LogP contribution < -0.4 is 10.1 Å². The molecule has 134 valence electrons. The van der Waals surface area contributed by atoms with Crippen molar-refractivity contribution in [2.45, 2.75) is 12.6 Å². The molecule has 0 aliphatic rings. The third kappa shape index (κ3) is 4.03. The van der Waals surface area contributed by atoms with E-state index in [0.717, 1.165) is 27.6 Å². The molecule has 0 heterocycles. The van der Waals surface area contributed by atoms with Crippen molar-refractivity contribution in [3.8, 4) is 5.75 Å². The van der Waals surface area contributed by atoms with Crippen LogP contribution in [0.3, 0.4) is 0 Å².